The standard InChI is InChI=1S/C15H12ClN3OS2/c1-21-15-18-12-11(22-15)14(20)19(13(17-12)8-2-3-8)10-6-4-9(16)5-7-10/h4-8H,2-3H2,1H3. The van der Waals surface area contributed by atoms with Gasteiger partial charge in [-0.15, -0.1) is 11.3 Å². The van der Waals surface area contributed by atoms with Crippen LogP contribution in [0, 0.1) is 0 Å². The second kappa shape index (κ2) is 5.37. The smallest absolute Gasteiger partial charge is 0.267 e. The summed E-state index contributed by atoms with van der Waals surface area (Å²) in [5.41, 5.74) is 1.35. The molecule has 0 saturated heterocycles. The van der Waals surface area contributed by atoms with Gasteiger partial charge in [0.25, 0.3) is 5.56 Å². The Balaban J connectivity index is 2.02. The largest absolute Gasteiger partial charge is 0.277 e. The van der Waals surface area contributed by atoms with Crippen LogP contribution in [0.25, 0.3) is 16.0 Å². The fraction of sp³-hybridized carbons (Fsp3) is 0.267. The molecule has 7 heteroatoms. The Kier molecular flexibility index (Phi) is 3.47. The number of hydrogen-bond acceptors (Lipinski definition) is 5. The summed E-state index contributed by atoms with van der Waals surface area (Å²) < 4.78 is 3.21. The summed E-state index contributed by atoms with van der Waals surface area (Å²) >= 11 is 8.90. The molecular weight excluding hydrogens is 338 g/mol. The number of rotatable bonds is 3. The van der Waals surface area contributed by atoms with Gasteiger partial charge in [-0.2, -0.15) is 0 Å². The lowest BCUT2D eigenvalue weighted by Gasteiger charge is -2.11. The van der Waals surface area contributed by atoms with Crippen LogP contribution in [0.5, 0.6) is 0 Å². The van der Waals surface area contributed by atoms with Gasteiger partial charge in [-0.3, -0.25) is 9.36 Å². The first kappa shape index (κ1) is 14.2. The van der Waals surface area contributed by atoms with Crippen LogP contribution in [-0.4, -0.2) is 20.8 Å². The molecule has 2 aromatic heterocycles. The normalized spacial score (nSPS) is 14.6. The van der Waals surface area contributed by atoms with Crippen molar-refractivity contribution in [2.45, 2.75) is 23.1 Å². The van der Waals surface area contributed by atoms with Crippen molar-refractivity contribution in [3.8, 4) is 5.69 Å². The quantitative estimate of drug-likeness (QED) is 0.668. The number of thioether (sulfide) groups is 1. The molecule has 1 saturated carbocycles. The third-order valence-corrected chi connectivity index (χ3v) is 5.91. The molecular formula is C15H12ClN3OS2. The van der Waals surface area contributed by atoms with Crippen LogP contribution in [0.15, 0.2) is 33.4 Å². The predicted molar refractivity (Wildman–Crippen MR) is 91.8 cm³/mol. The minimum absolute atomic E-state index is 0.0352. The highest BCUT2D eigenvalue weighted by atomic mass is 35.5. The fourth-order valence-corrected chi connectivity index (χ4v) is 3.97. The maximum absolute atomic E-state index is 12.9. The second-order valence-electron chi connectivity index (χ2n) is 5.20. The second-order valence-corrected chi connectivity index (χ2v) is 7.69. The molecule has 0 amide bonds. The van der Waals surface area contributed by atoms with Crippen molar-refractivity contribution >= 4 is 45.0 Å². The van der Waals surface area contributed by atoms with Crippen molar-refractivity contribution in [3.05, 3.63) is 45.5 Å². The number of hydrogen-bond donors (Lipinski definition) is 0. The van der Waals surface area contributed by atoms with Gasteiger partial charge in [0, 0.05) is 10.9 Å². The van der Waals surface area contributed by atoms with Crippen LogP contribution in [0.2, 0.25) is 5.02 Å². The van der Waals surface area contributed by atoms with Gasteiger partial charge in [0.05, 0.1) is 5.69 Å². The van der Waals surface area contributed by atoms with Crippen LogP contribution in [0.4, 0.5) is 0 Å². The molecule has 1 aromatic carbocycles. The number of nitrogens with zero attached hydrogens (tertiary/aromatic N) is 3. The van der Waals surface area contributed by atoms with Crippen LogP contribution >= 0.6 is 34.7 Å². The van der Waals surface area contributed by atoms with Crippen molar-refractivity contribution in [1.29, 1.82) is 0 Å². The highest BCUT2D eigenvalue weighted by Crippen LogP contribution is 2.40. The Morgan fingerprint density at radius 1 is 1.27 bits per heavy atom. The molecule has 1 aliphatic carbocycles. The minimum Gasteiger partial charge on any atom is -0.267 e. The molecule has 0 radical (unpaired) electrons. The third kappa shape index (κ3) is 2.35. The van der Waals surface area contributed by atoms with E-state index in [2.05, 4.69) is 9.97 Å². The number of fused-ring (bicyclic) bond motifs is 1. The molecule has 1 aliphatic rings. The van der Waals surface area contributed by atoms with Gasteiger partial charge < -0.3 is 0 Å². The first-order valence-corrected chi connectivity index (χ1v) is 9.32. The van der Waals surface area contributed by atoms with Crippen LogP contribution in [0.3, 0.4) is 0 Å². The van der Waals surface area contributed by atoms with Gasteiger partial charge in [0.15, 0.2) is 9.99 Å². The van der Waals surface area contributed by atoms with Crippen molar-refractivity contribution in [3.63, 3.8) is 0 Å². The molecule has 22 heavy (non-hydrogen) atoms. The zero-order valence-corrected chi connectivity index (χ0v) is 14.1. The molecule has 0 N–H and O–H groups in total. The highest BCUT2D eigenvalue weighted by Gasteiger charge is 2.30. The minimum atomic E-state index is -0.0352. The topological polar surface area (TPSA) is 47.8 Å². The first-order valence-electron chi connectivity index (χ1n) is 6.91. The molecule has 4 rings (SSSR count). The van der Waals surface area contributed by atoms with Gasteiger partial charge in [0.1, 0.15) is 10.5 Å². The monoisotopic (exact) mass is 349 g/mol. The van der Waals surface area contributed by atoms with Gasteiger partial charge in [0.2, 0.25) is 0 Å². The van der Waals surface area contributed by atoms with Gasteiger partial charge in [-0.05, 0) is 43.4 Å². The summed E-state index contributed by atoms with van der Waals surface area (Å²) in [6.45, 7) is 0. The van der Waals surface area contributed by atoms with Crippen molar-refractivity contribution in [2.24, 2.45) is 0 Å². The van der Waals surface area contributed by atoms with E-state index in [4.69, 9.17) is 11.6 Å². The Hall–Kier alpha value is -1.37. The lowest BCUT2D eigenvalue weighted by Crippen LogP contribution is -2.22. The summed E-state index contributed by atoms with van der Waals surface area (Å²) in [4.78, 5) is 22.1. The maximum Gasteiger partial charge on any atom is 0.277 e. The van der Waals surface area contributed by atoms with Crippen LogP contribution in [-0.2, 0) is 0 Å². The third-order valence-electron chi connectivity index (χ3n) is 3.64. The van der Waals surface area contributed by atoms with E-state index in [9.17, 15) is 4.79 Å². The summed E-state index contributed by atoms with van der Waals surface area (Å²) in [5, 5.41) is 0.654. The number of benzene rings is 1. The molecule has 0 bridgehead atoms. The number of thiazole rings is 1. The van der Waals surface area contributed by atoms with E-state index < -0.39 is 0 Å². The molecule has 0 unspecified atom stereocenters. The van der Waals surface area contributed by atoms with E-state index in [1.54, 1.807) is 16.7 Å². The van der Waals surface area contributed by atoms with E-state index in [-0.39, 0.29) is 5.56 Å². The molecule has 4 nitrogen and oxygen atoms in total. The molecule has 0 spiro atoms. The molecule has 2 heterocycles. The highest BCUT2D eigenvalue weighted by molar-refractivity contribution is 8.00. The molecule has 0 atom stereocenters. The lowest BCUT2D eigenvalue weighted by atomic mass is 10.3. The van der Waals surface area contributed by atoms with Crippen molar-refractivity contribution < 1.29 is 0 Å². The van der Waals surface area contributed by atoms with Crippen LogP contribution in [0.1, 0.15) is 24.6 Å². The number of aromatic nitrogens is 3. The fourth-order valence-electron chi connectivity index (χ4n) is 2.41. The maximum atomic E-state index is 12.9. The summed E-state index contributed by atoms with van der Waals surface area (Å²) in [6.07, 6.45) is 4.10. The summed E-state index contributed by atoms with van der Waals surface area (Å²) in [6, 6.07) is 7.31. The van der Waals surface area contributed by atoms with E-state index >= 15 is 0 Å². The zero-order valence-electron chi connectivity index (χ0n) is 11.7. The van der Waals surface area contributed by atoms with Gasteiger partial charge in [-0.1, -0.05) is 23.4 Å². The number of halogens is 1. The molecule has 112 valence electrons. The first-order chi connectivity index (χ1) is 10.7. The molecule has 0 aliphatic heterocycles. The zero-order chi connectivity index (χ0) is 15.3. The van der Waals surface area contributed by atoms with Crippen molar-refractivity contribution in [2.75, 3.05) is 6.26 Å². The van der Waals surface area contributed by atoms with E-state index in [1.807, 2.05) is 18.4 Å². The summed E-state index contributed by atoms with van der Waals surface area (Å²) in [7, 11) is 0. The molecule has 3 aromatic rings. The van der Waals surface area contributed by atoms with E-state index in [0.29, 0.717) is 21.3 Å². The Bertz CT molecular complexity index is 913. The molecule has 1 fully saturated rings. The average Bonchev–Trinajstić information content (AvgIpc) is 3.28. The summed E-state index contributed by atoms with van der Waals surface area (Å²) in [5.74, 6) is 1.17. The Morgan fingerprint density at radius 2 is 2.00 bits per heavy atom. The SMILES string of the molecule is CSc1nc2nc(C3CC3)n(-c3ccc(Cl)cc3)c(=O)c2s1. The van der Waals surface area contributed by atoms with E-state index in [1.165, 1.54) is 23.1 Å². The predicted octanol–water partition coefficient (Wildman–Crippen LogP) is 4.09. The van der Waals surface area contributed by atoms with Crippen molar-refractivity contribution in [1.82, 2.24) is 14.5 Å². The van der Waals surface area contributed by atoms with E-state index in [0.717, 1.165) is 28.7 Å². The van der Waals surface area contributed by atoms with Gasteiger partial charge in [-0.25, -0.2) is 9.97 Å². The van der Waals surface area contributed by atoms with Crippen LogP contribution < -0.4 is 5.56 Å². The van der Waals surface area contributed by atoms with Gasteiger partial charge >= 0.3 is 0 Å². The average molecular weight is 350 g/mol. The Labute approximate surface area is 140 Å². The Morgan fingerprint density at radius 3 is 2.64 bits per heavy atom. The lowest BCUT2D eigenvalue weighted by molar-refractivity contribution is 0.822.